The molecule has 15 nitrogen and oxygen atoms in total. The summed E-state index contributed by atoms with van der Waals surface area (Å²) in [4.78, 5) is 43.1. The van der Waals surface area contributed by atoms with E-state index in [4.69, 9.17) is 48.8 Å². The van der Waals surface area contributed by atoms with Crippen molar-refractivity contribution in [2.24, 2.45) is 11.8 Å². The standard InChI is InChI=1S/C51H72N3O12P/c1-36(2)54(37(3)4)67(63-32-28-52-9)64-34-30-53(48(57)19-15-16-31-60-50-39(6)38(5)49(65-41(8)56)47(66-50)35-61-40(7)55)29-33-62-51(42-17-13-12-14-18-42,43-20-24-45(58-10)25-21-43)44-22-26-46(59-11)27-23-44/h12-14,17-18,20-27,36-39,47,49-50H,15-16,19,28-35H2,1-8,10-11H3. The van der Waals surface area contributed by atoms with Crippen LogP contribution in [0.4, 0.5) is 0 Å². The van der Waals surface area contributed by atoms with Gasteiger partial charge < -0.3 is 52.0 Å². The largest absolute Gasteiger partial charge is 0.497 e. The van der Waals surface area contributed by atoms with Crippen molar-refractivity contribution in [3.8, 4) is 11.5 Å². The minimum atomic E-state index is -1.52. The number of carbonyl (C=O) groups is 3. The SMILES string of the molecule is [C-]#[N+]CCOP(OCCN(CCOC(c1ccccc1)(c1ccc(OC)cc1)c1ccc(OC)cc1)C(=O)CCCCOC1OC(COC(C)=O)C(OC(C)=O)C(C)C1C)N(C(C)C)C(C)C. The minimum absolute atomic E-state index is 0.0728. The number of unbranched alkanes of at least 4 members (excludes halogenated alkanes) is 1. The van der Waals surface area contributed by atoms with E-state index in [0.29, 0.717) is 30.9 Å². The highest BCUT2D eigenvalue weighted by molar-refractivity contribution is 7.44. The number of carbonyl (C=O) groups excluding carboxylic acids is 3. The van der Waals surface area contributed by atoms with Crippen LogP contribution >= 0.6 is 8.53 Å². The van der Waals surface area contributed by atoms with E-state index in [2.05, 4.69) is 37.2 Å². The number of hydrogen-bond acceptors (Lipinski definition) is 13. The molecule has 16 heteroatoms. The van der Waals surface area contributed by atoms with Gasteiger partial charge in [0.15, 0.2) is 6.29 Å². The Labute approximate surface area is 399 Å². The number of nitrogens with zero attached hydrogens (tertiary/aromatic N) is 3. The number of esters is 2. The summed E-state index contributed by atoms with van der Waals surface area (Å²) < 4.78 is 56.3. The Morgan fingerprint density at radius 3 is 1.85 bits per heavy atom. The van der Waals surface area contributed by atoms with Gasteiger partial charge in [-0.25, -0.2) is 11.2 Å². The molecule has 1 amide bonds. The van der Waals surface area contributed by atoms with Crippen molar-refractivity contribution >= 4 is 26.4 Å². The lowest BCUT2D eigenvalue weighted by molar-refractivity contribution is -0.273. The Balaban J connectivity index is 1.55. The van der Waals surface area contributed by atoms with E-state index in [1.807, 2.05) is 92.7 Å². The first-order chi connectivity index (χ1) is 32.2. The van der Waals surface area contributed by atoms with Crippen LogP contribution in [-0.2, 0) is 52.7 Å². The van der Waals surface area contributed by atoms with E-state index < -0.39 is 44.6 Å². The fraction of sp³-hybridized carbons (Fsp3) is 0.569. The van der Waals surface area contributed by atoms with Crippen LogP contribution in [0.2, 0.25) is 0 Å². The van der Waals surface area contributed by atoms with Crippen LogP contribution < -0.4 is 9.47 Å². The second-order valence-corrected chi connectivity index (χ2v) is 18.5. The van der Waals surface area contributed by atoms with E-state index in [9.17, 15) is 14.4 Å². The quantitative estimate of drug-likeness (QED) is 0.0225. The fourth-order valence-electron chi connectivity index (χ4n) is 8.18. The maximum absolute atomic E-state index is 14.3. The van der Waals surface area contributed by atoms with Gasteiger partial charge in [0.05, 0.1) is 27.4 Å². The van der Waals surface area contributed by atoms with Gasteiger partial charge in [-0.15, -0.1) is 0 Å². The summed E-state index contributed by atoms with van der Waals surface area (Å²) in [6, 6.07) is 25.9. The molecule has 4 rings (SSSR count). The molecule has 368 valence electrons. The van der Waals surface area contributed by atoms with Crippen molar-refractivity contribution in [3.63, 3.8) is 0 Å². The second kappa shape index (κ2) is 28.0. The van der Waals surface area contributed by atoms with Gasteiger partial charge in [0.25, 0.3) is 8.53 Å². The Morgan fingerprint density at radius 1 is 0.746 bits per heavy atom. The number of hydrogen-bond donors (Lipinski definition) is 0. The molecule has 0 aliphatic carbocycles. The molecule has 0 bridgehead atoms. The molecule has 0 radical (unpaired) electrons. The Kier molecular flexibility index (Phi) is 23.0. The summed E-state index contributed by atoms with van der Waals surface area (Å²) in [5.74, 6) is 0.171. The monoisotopic (exact) mass is 949 g/mol. The highest BCUT2D eigenvalue weighted by atomic mass is 31.2. The molecule has 3 aromatic rings. The van der Waals surface area contributed by atoms with Gasteiger partial charge in [0.2, 0.25) is 12.5 Å². The molecule has 1 aliphatic rings. The van der Waals surface area contributed by atoms with Crippen LogP contribution in [0.3, 0.4) is 0 Å². The normalized spacial score (nSPS) is 18.9. The number of benzene rings is 3. The number of methoxy groups -OCH3 is 2. The average Bonchev–Trinajstić information content (AvgIpc) is 3.31. The topological polar surface area (TPSA) is 145 Å². The van der Waals surface area contributed by atoms with Gasteiger partial charge in [-0.2, -0.15) is 0 Å². The molecule has 1 saturated heterocycles. The Hall–Kier alpha value is -4.65. The van der Waals surface area contributed by atoms with Crippen molar-refractivity contribution in [1.29, 1.82) is 0 Å². The van der Waals surface area contributed by atoms with Crippen molar-refractivity contribution in [3.05, 3.63) is 107 Å². The van der Waals surface area contributed by atoms with Crippen LogP contribution in [-0.4, -0.2) is 125 Å². The summed E-state index contributed by atoms with van der Waals surface area (Å²) in [7, 11) is 1.75. The van der Waals surface area contributed by atoms with Crippen molar-refractivity contribution in [1.82, 2.24) is 9.57 Å². The van der Waals surface area contributed by atoms with Crippen LogP contribution in [0, 0.1) is 18.4 Å². The molecule has 0 saturated carbocycles. The lowest BCUT2D eigenvalue weighted by atomic mass is 9.80. The molecule has 6 atom stereocenters. The van der Waals surface area contributed by atoms with Crippen LogP contribution in [0.1, 0.15) is 91.3 Å². The Bertz CT molecular complexity index is 1930. The molecule has 67 heavy (non-hydrogen) atoms. The van der Waals surface area contributed by atoms with Crippen molar-refractivity contribution in [2.45, 2.75) is 111 Å². The predicted molar refractivity (Wildman–Crippen MR) is 256 cm³/mol. The highest BCUT2D eigenvalue weighted by Crippen LogP contribution is 2.46. The van der Waals surface area contributed by atoms with Crippen molar-refractivity contribution in [2.75, 3.05) is 66.9 Å². The summed E-state index contributed by atoms with van der Waals surface area (Å²) in [6.45, 7) is 23.8. The third-order valence-electron chi connectivity index (χ3n) is 11.7. The third-order valence-corrected chi connectivity index (χ3v) is 13.8. The first kappa shape index (κ1) is 55.0. The van der Waals surface area contributed by atoms with Crippen LogP contribution in [0.25, 0.3) is 4.85 Å². The summed E-state index contributed by atoms with van der Waals surface area (Å²) in [5, 5.41) is 0. The predicted octanol–water partition coefficient (Wildman–Crippen LogP) is 8.82. The molecule has 1 heterocycles. The van der Waals surface area contributed by atoms with E-state index in [0.717, 1.165) is 16.7 Å². The van der Waals surface area contributed by atoms with E-state index in [1.54, 1.807) is 19.1 Å². The highest BCUT2D eigenvalue weighted by Gasteiger charge is 2.44. The lowest BCUT2D eigenvalue weighted by Gasteiger charge is -2.43. The zero-order valence-electron chi connectivity index (χ0n) is 41.0. The zero-order chi connectivity index (χ0) is 48.9. The first-order valence-electron chi connectivity index (χ1n) is 23.2. The van der Waals surface area contributed by atoms with Gasteiger partial charge in [-0.3, -0.25) is 14.4 Å². The number of ether oxygens (including phenoxy) is 7. The van der Waals surface area contributed by atoms with E-state index >= 15 is 0 Å². The first-order valence-corrected chi connectivity index (χ1v) is 24.3. The molecule has 0 N–H and O–H groups in total. The van der Waals surface area contributed by atoms with Crippen LogP contribution in [0.15, 0.2) is 78.9 Å². The molecule has 0 aromatic heterocycles. The van der Waals surface area contributed by atoms with Gasteiger partial charge in [0, 0.05) is 63.9 Å². The molecule has 6 unspecified atom stereocenters. The van der Waals surface area contributed by atoms with E-state index in [-0.39, 0.29) is 82.3 Å². The molecule has 0 spiro atoms. The summed E-state index contributed by atoms with van der Waals surface area (Å²) in [6.07, 6.45) is -0.577. The number of amides is 1. The lowest BCUT2D eigenvalue weighted by Crippen LogP contribution is -2.53. The van der Waals surface area contributed by atoms with Crippen molar-refractivity contribution < 1.29 is 56.6 Å². The maximum atomic E-state index is 14.3. The van der Waals surface area contributed by atoms with Gasteiger partial charge >= 0.3 is 11.9 Å². The second-order valence-electron chi connectivity index (χ2n) is 17.1. The third kappa shape index (κ3) is 16.0. The fourth-order valence-corrected chi connectivity index (χ4v) is 9.75. The van der Waals surface area contributed by atoms with Gasteiger partial charge in [-0.05, 0) is 81.5 Å². The summed E-state index contributed by atoms with van der Waals surface area (Å²) >= 11 is 0. The molecular formula is C51H72N3O12P. The molecule has 3 aromatic carbocycles. The smallest absolute Gasteiger partial charge is 0.303 e. The Morgan fingerprint density at radius 2 is 1.31 bits per heavy atom. The average molecular weight is 950 g/mol. The van der Waals surface area contributed by atoms with Gasteiger partial charge in [-0.1, -0.05) is 68.4 Å². The molecule has 1 fully saturated rings. The molecule has 1 aliphatic heterocycles. The molecular weight excluding hydrogens is 878 g/mol. The zero-order valence-corrected chi connectivity index (χ0v) is 41.9. The number of rotatable bonds is 28. The van der Waals surface area contributed by atoms with Crippen LogP contribution in [0.5, 0.6) is 11.5 Å². The maximum Gasteiger partial charge on any atom is 0.303 e. The van der Waals surface area contributed by atoms with Gasteiger partial charge in [0.1, 0.15) is 42.5 Å². The summed E-state index contributed by atoms with van der Waals surface area (Å²) in [5.41, 5.74) is 1.58. The van der Waals surface area contributed by atoms with E-state index in [1.165, 1.54) is 13.8 Å². The minimum Gasteiger partial charge on any atom is -0.497 e.